The summed E-state index contributed by atoms with van der Waals surface area (Å²) in [4.78, 5) is 12.2. The third-order valence-corrected chi connectivity index (χ3v) is 5.69. The highest BCUT2D eigenvalue weighted by Crippen LogP contribution is 2.60. The molecular formula is C19H28F6O2. The number of halogens is 6. The third kappa shape index (κ3) is 4.87. The van der Waals surface area contributed by atoms with Crippen LogP contribution in [0.1, 0.15) is 53.4 Å². The first-order chi connectivity index (χ1) is 12.2. The van der Waals surface area contributed by atoms with Crippen LogP contribution in [0.5, 0.6) is 0 Å². The summed E-state index contributed by atoms with van der Waals surface area (Å²) in [5.74, 6) is -3.21. The van der Waals surface area contributed by atoms with Crippen molar-refractivity contribution >= 4 is 5.78 Å². The molecule has 0 aliphatic heterocycles. The lowest BCUT2D eigenvalue weighted by atomic mass is 9.60. The molecular weight excluding hydrogens is 374 g/mol. The molecule has 0 amide bonds. The van der Waals surface area contributed by atoms with Gasteiger partial charge in [0.1, 0.15) is 6.10 Å². The number of methoxy groups -OCH3 is 1. The van der Waals surface area contributed by atoms with E-state index in [1.165, 1.54) is 6.92 Å². The molecule has 0 aromatic carbocycles. The summed E-state index contributed by atoms with van der Waals surface area (Å²) in [5, 5.41) is 0. The van der Waals surface area contributed by atoms with Crippen molar-refractivity contribution in [2.75, 3.05) is 7.11 Å². The average molecular weight is 402 g/mol. The molecule has 2 nitrogen and oxygen atoms in total. The fourth-order valence-corrected chi connectivity index (χ4v) is 3.87. The van der Waals surface area contributed by atoms with Gasteiger partial charge in [0.25, 0.3) is 0 Å². The predicted molar refractivity (Wildman–Crippen MR) is 90.1 cm³/mol. The van der Waals surface area contributed by atoms with Crippen LogP contribution in [-0.4, -0.2) is 31.3 Å². The lowest BCUT2D eigenvalue weighted by molar-refractivity contribution is -0.358. The van der Waals surface area contributed by atoms with Crippen LogP contribution in [0.25, 0.3) is 0 Å². The van der Waals surface area contributed by atoms with Gasteiger partial charge in [-0.1, -0.05) is 25.5 Å². The van der Waals surface area contributed by atoms with Crippen LogP contribution in [0.4, 0.5) is 26.3 Å². The van der Waals surface area contributed by atoms with Gasteiger partial charge in [-0.15, -0.1) is 0 Å². The standard InChI is InChI=1S/C19H28F6O2/c1-11(2)7-6-8-12(3)15-13(9-10-14(26)16(15)27-5)17(4,18(20,21)22)19(23,24)25/h8,11,13,15-16H,6-7,9-10H2,1-5H3/b12-8+/t13-,15+,16+/m0/s1. The molecule has 1 saturated carbocycles. The number of hydrogen-bond acceptors (Lipinski definition) is 2. The van der Waals surface area contributed by atoms with Gasteiger partial charge in [0.05, 0.1) is 0 Å². The van der Waals surface area contributed by atoms with E-state index in [1.807, 2.05) is 13.8 Å². The predicted octanol–water partition coefficient (Wildman–Crippen LogP) is 6.11. The summed E-state index contributed by atoms with van der Waals surface area (Å²) in [5.41, 5.74) is -3.57. The van der Waals surface area contributed by atoms with Crippen molar-refractivity contribution in [2.24, 2.45) is 23.2 Å². The van der Waals surface area contributed by atoms with Crippen LogP contribution in [0, 0.1) is 23.2 Å². The second kappa shape index (κ2) is 8.53. The number of alkyl halides is 6. The molecule has 0 spiro atoms. The number of carbonyl (C=O) groups is 1. The van der Waals surface area contributed by atoms with Crippen LogP contribution < -0.4 is 0 Å². The minimum Gasteiger partial charge on any atom is -0.373 e. The Hall–Kier alpha value is -1.05. The van der Waals surface area contributed by atoms with E-state index < -0.39 is 47.9 Å². The largest absolute Gasteiger partial charge is 0.403 e. The first-order valence-corrected chi connectivity index (χ1v) is 9.04. The van der Waals surface area contributed by atoms with E-state index in [0.717, 1.165) is 13.5 Å². The zero-order valence-corrected chi connectivity index (χ0v) is 16.3. The molecule has 0 radical (unpaired) electrons. The normalized spacial score (nSPS) is 26.0. The molecule has 27 heavy (non-hydrogen) atoms. The summed E-state index contributed by atoms with van der Waals surface area (Å²) in [6.07, 6.45) is -10.2. The SMILES string of the molecule is CO[C@@H]1C(=O)CC[C@H](C(C)(C(F)(F)F)C(F)(F)F)[C@H]1/C(C)=C/CCC(C)C. The van der Waals surface area contributed by atoms with E-state index in [4.69, 9.17) is 4.74 Å². The highest BCUT2D eigenvalue weighted by Gasteiger charge is 2.72. The van der Waals surface area contributed by atoms with Gasteiger partial charge in [0.2, 0.25) is 0 Å². The maximum atomic E-state index is 13.6. The van der Waals surface area contributed by atoms with Gasteiger partial charge in [-0.25, -0.2) is 0 Å². The van der Waals surface area contributed by atoms with Gasteiger partial charge in [0, 0.05) is 19.4 Å². The summed E-state index contributed by atoms with van der Waals surface area (Å²) in [7, 11) is 1.15. The smallest absolute Gasteiger partial charge is 0.373 e. The number of hydrogen-bond donors (Lipinski definition) is 0. The Balaban J connectivity index is 3.45. The lowest BCUT2D eigenvalue weighted by Gasteiger charge is -2.48. The average Bonchev–Trinajstić information content (AvgIpc) is 2.51. The molecule has 0 aromatic rings. The van der Waals surface area contributed by atoms with E-state index in [-0.39, 0.29) is 13.3 Å². The molecule has 0 heterocycles. The van der Waals surface area contributed by atoms with Crippen LogP contribution in [0.15, 0.2) is 11.6 Å². The van der Waals surface area contributed by atoms with Gasteiger partial charge < -0.3 is 4.74 Å². The number of Topliss-reactive ketones (excluding diaryl/α,β-unsaturated/α-hetero) is 1. The minimum absolute atomic E-state index is 0.203. The molecule has 3 atom stereocenters. The summed E-state index contributed by atoms with van der Waals surface area (Å²) >= 11 is 0. The van der Waals surface area contributed by atoms with Crippen molar-refractivity contribution in [3.63, 3.8) is 0 Å². The van der Waals surface area contributed by atoms with Crippen LogP contribution in [0.3, 0.4) is 0 Å². The Morgan fingerprint density at radius 1 is 1.19 bits per heavy atom. The number of ketones is 1. The number of carbonyl (C=O) groups excluding carboxylic acids is 1. The first kappa shape index (κ1) is 24.0. The Morgan fingerprint density at radius 3 is 2.11 bits per heavy atom. The highest BCUT2D eigenvalue weighted by molar-refractivity contribution is 5.84. The van der Waals surface area contributed by atoms with Crippen molar-refractivity contribution < 1.29 is 35.9 Å². The van der Waals surface area contributed by atoms with Crippen molar-refractivity contribution in [3.8, 4) is 0 Å². The van der Waals surface area contributed by atoms with Crippen LogP contribution >= 0.6 is 0 Å². The molecule has 0 bridgehead atoms. The highest BCUT2D eigenvalue weighted by atomic mass is 19.4. The Labute approximate surface area is 156 Å². The Morgan fingerprint density at radius 2 is 1.70 bits per heavy atom. The molecule has 0 N–H and O–H groups in total. The number of ether oxygens (including phenoxy) is 1. The molecule has 0 aromatic heterocycles. The van der Waals surface area contributed by atoms with Gasteiger partial charge in [-0.2, -0.15) is 26.3 Å². The van der Waals surface area contributed by atoms with Crippen molar-refractivity contribution in [1.29, 1.82) is 0 Å². The van der Waals surface area contributed by atoms with Crippen molar-refractivity contribution in [1.82, 2.24) is 0 Å². The first-order valence-electron chi connectivity index (χ1n) is 9.04. The molecule has 0 unspecified atom stereocenters. The third-order valence-electron chi connectivity index (χ3n) is 5.69. The number of rotatable bonds is 6. The van der Waals surface area contributed by atoms with Gasteiger partial charge in [-0.05, 0) is 44.9 Å². The fraction of sp³-hybridized carbons (Fsp3) is 0.842. The van der Waals surface area contributed by atoms with Gasteiger partial charge in [-0.3, -0.25) is 4.79 Å². The van der Waals surface area contributed by atoms with E-state index in [1.54, 1.807) is 6.08 Å². The molecule has 1 fully saturated rings. The quantitative estimate of drug-likeness (QED) is 0.396. The molecule has 1 rings (SSSR count). The number of allylic oxidation sites excluding steroid dienone is 1. The lowest BCUT2D eigenvalue weighted by Crippen LogP contribution is -2.58. The topological polar surface area (TPSA) is 26.3 Å². The Bertz CT molecular complexity index is 533. The van der Waals surface area contributed by atoms with E-state index in [0.29, 0.717) is 17.9 Å². The van der Waals surface area contributed by atoms with Gasteiger partial charge >= 0.3 is 12.4 Å². The van der Waals surface area contributed by atoms with Gasteiger partial charge in [0.15, 0.2) is 11.2 Å². The summed E-state index contributed by atoms with van der Waals surface area (Å²) < 4.78 is 86.9. The van der Waals surface area contributed by atoms with Crippen molar-refractivity contribution in [3.05, 3.63) is 11.6 Å². The van der Waals surface area contributed by atoms with E-state index >= 15 is 0 Å². The van der Waals surface area contributed by atoms with E-state index in [9.17, 15) is 31.1 Å². The zero-order chi connectivity index (χ0) is 21.2. The van der Waals surface area contributed by atoms with Crippen LogP contribution in [0.2, 0.25) is 0 Å². The monoisotopic (exact) mass is 402 g/mol. The fourth-order valence-electron chi connectivity index (χ4n) is 3.87. The molecule has 1 aliphatic carbocycles. The van der Waals surface area contributed by atoms with E-state index in [2.05, 4.69) is 0 Å². The molecule has 1 aliphatic rings. The summed E-state index contributed by atoms with van der Waals surface area (Å²) in [6.45, 7) is 5.64. The second-order valence-electron chi connectivity index (χ2n) is 7.91. The van der Waals surface area contributed by atoms with Crippen LogP contribution in [-0.2, 0) is 9.53 Å². The maximum Gasteiger partial charge on any atom is 0.403 e. The summed E-state index contributed by atoms with van der Waals surface area (Å²) in [6, 6.07) is 0. The van der Waals surface area contributed by atoms with Crippen molar-refractivity contribution in [2.45, 2.75) is 71.8 Å². The molecule has 8 heteroatoms. The molecule has 0 saturated heterocycles. The zero-order valence-electron chi connectivity index (χ0n) is 16.3. The maximum absolute atomic E-state index is 13.6. The molecule has 158 valence electrons. The minimum atomic E-state index is -5.49. The second-order valence-corrected chi connectivity index (χ2v) is 7.91. The Kier molecular flexibility index (Phi) is 7.58.